The first-order valence-corrected chi connectivity index (χ1v) is 21.1. The van der Waals surface area contributed by atoms with Crippen LogP contribution >= 0.6 is 0 Å². The lowest BCUT2D eigenvalue weighted by Crippen LogP contribution is -2.65. The Hall–Kier alpha value is -7.09. The Morgan fingerprint density at radius 3 is 0.950 bits per heavy atom. The first-order chi connectivity index (χ1) is 29.5. The second-order valence-electron chi connectivity index (χ2n) is 16.8. The zero-order valence-electron chi connectivity index (χ0n) is 34.2. The molecular formula is C57H43B2N. The summed E-state index contributed by atoms with van der Waals surface area (Å²) < 4.78 is 0. The summed E-state index contributed by atoms with van der Waals surface area (Å²) in [6, 6.07) is 77.2. The van der Waals surface area contributed by atoms with Crippen LogP contribution in [0, 0.1) is 20.8 Å². The van der Waals surface area contributed by atoms with Crippen LogP contribution in [0.1, 0.15) is 16.7 Å². The van der Waals surface area contributed by atoms with Gasteiger partial charge in [0.15, 0.2) is 0 Å². The molecule has 0 saturated carbocycles. The third-order valence-electron chi connectivity index (χ3n) is 12.6. The summed E-state index contributed by atoms with van der Waals surface area (Å²) in [7, 11) is 0. The highest BCUT2D eigenvalue weighted by Gasteiger charge is 2.44. The summed E-state index contributed by atoms with van der Waals surface area (Å²) in [5.41, 5.74) is 25.4. The van der Waals surface area contributed by atoms with E-state index in [0.29, 0.717) is 0 Å². The van der Waals surface area contributed by atoms with Crippen molar-refractivity contribution in [3.05, 3.63) is 223 Å². The van der Waals surface area contributed by atoms with Gasteiger partial charge in [0, 0.05) is 17.1 Å². The minimum absolute atomic E-state index is 0.0131. The van der Waals surface area contributed by atoms with Gasteiger partial charge in [-0.2, -0.15) is 0 Å². The second-order valence-corrected chi connectivity index (χ2v) is 16.8. The first-order valence-electron chi connectivity index (χ1n) is 21.1. The van der Waals surface area contributed by atoms with Crippen molar-refractivity contribution in [2.75, 3.05) is 4.90 Å². The van der Waals surface area contributed by atoms with Gasteiger partial charge in [0.25, 0.3) is 0 Å². The Morgan fingerprint density at radius 2 is 0.617 bits per heavy atom. The van der Waals surface area contributed by atoms with Crippen molar-refractivity contribution < 1.29 is 0 Å². The minimum Gasteiger partial charge on any atom is -0.313 e. The SMILES string of the molecule is Cc1cc2c3c(c1)B(c1cc(-c4ccccc4)cc(-c4ccccc4)c1)c1ccc(C)cc1N3c1cc(C)ccc1B2c1cc(-c2ccccc2)cc(-c2ccccc2)c1. The van der Waals surface area contributed by atoms with Gasteiger partial charge in [-0.3, -0.25) is 0 Å². The maximum Gasteiger partial charge on any atom is 0.246 e. The predicted molar refractivity (Wildman–Crippen MR) is 259 cm³/mol. The minimum atomic E-state index is 0.0131. The fraction of sp³-hybridized carbons (Fsp3) is 0.0526. The molecule has 0 radical (unpaired) electrons. The average molecular weight is 764 g/mol. The molecule has 0 saturated heterocycles. The van der Waals surface area contributed by atoms with Gasteiger partial charge in [-0.25, -0.2) is 0 Å². The van der Waals surface area contributed by atoms with Crippen LogP contribution in [-0.2, 0) is 0 Å². The Bertz CT molecular complexity index is 2750. The molecule has 2 aliphatic rings. The number of rotatable bonds is 6. The molecule has 60 heavy (non-hydrogen) atoms. The van der Waals surface area contributed by atoms with Gasteiger partial charge in [0.2, 0.25) is 13.4 Å². The van der Waals surface area contributed by atoms with Crippen molar-refractivity contribution in [2.45, 2.75) is 20.8 Å². The highest BCUT2D eigenvalue weighted by Crippen LogP contribution is 2.39. The van der Waals surface area contributed by atoms with E-state index in [1.165, 1.54) is 111 Å². The molecule has 0 spiro atoms. The van der Waals surface area contributed by atoms with Gasteiger partial charge in [-0.1, -0.05) is 198 Å². The third kappa shape index (κ3) is 6.21. The highest BCUT2D eigenvalue weighted by atomic mass is 15.2. The summed E-state index contributed by atoms with van der Waals surface area (Å²) in [5.74, 6) is 0. The molecule has 3 heteroatoms. The zero-order valence-corrected chi connectivity index (χ0v) is 34.2. The maximum atomic E-state index is 2.61. The summed E-state index contributed by atoms with van der Waals surface area (Å²) >= 11 is 0. The first kappa shape index (κ1) is 36.0. The molecule has 0 N–H and O–H groups in total. The van der Waals surface area contributed by atoms with Crippen LogP contribution in [0.25, 0.3) is 44.5 Å². The molecule has 2 heterocycles. The van der Waals surface area contributed by atoms with Gasteiger partial charge in [0.05, 0.1) is 0 Å². The van der Waals surface area contributed by atoms with Crippen LogP contribution < -0.4 is 37.7 Å². The van der Waals surface area contributed by atoms with Gasteiger partial charge >= 0.3 is 0 Å². The molecule has 0 unspecified atom stereocenters. The molecule has 282 valence electrons. The third-order valence-corrected chi connectivity index (χ3v) is 12.6. The molecule has 0 aliphatic carbocycles. The molecule has 9 aromatic carbocycles. The molecule has 9 aromatic rings. The van der Waals surface area contributed by atoms with Crippen LogP contribution in [0.5, 0.6) is 0 Å². The van der Waals surface area contributed by atoms with Crippen LogP contribution in [0.15, 0.2) is 206 Å². The van der Waals surface area contributed by atoms with E-state index in [4.69, 9.17) is 0 Å². The monoisotopic (exact) mass is 763 g/mol. The van der Waals surface area contributed by atoms with Crippen LogP contribution in [0.4, 0.5) is 17.1 Å². The molecular weight excluding hydrogens is 720 g/mol. The number of benzene rings is 9. The highest BCUT2D eigenvalue weighted by molar-refractivity contribution is 7.02. The second kappa shape index (κ2) is 14.6. The van der Waals surface area contributed by atoms with Crippen LogP contribution in [0.3, 0.4) is 0 Å². The maximum absolute atomic E-state index is 2.61. The van der Waals surface area contributed by atoms with E-state index in [1.54, 1.807) is 0 Å². The Kier molecular flexibility index (Phi) is 8.78. The number of fused-ring (bicyclic) bond motifs is 4. The molecule has 1 nitrogen and oxygen atoms in total. The quantitative estimate of drug-likeness (QED) is 0.153. The van der Waals surface area contributed by atoms with E-state index >= 15 is 0 Å². The van der Waals surface area contributed by atoms with Crippen molar-refractivity contribution in [2.24, 2.45) is 0 Å². The summed E-state index contributed by atoms with van der Waals surface area (Å²) in [6.45, 7) is 6.78. The van der Waals surface area contributed by atoms with E-state index in [9.17, 15) is 0 Å². The van der Waals surface area contributed by atoms with Crippen molar-refractivity contribution in [1.29, 1.82) is 0 Å². The summed E-state index contributed by atoms with van der Waals surface area (Å²) in [4.78, 5) is 2.61. The van der Waals surface area contributed by atoms with Gasteiger partial charge in [-0.15, -0.1) is 0 Å². The predicted octanol–water partition coefficient (Wildman–Crippen LogP) is 10.4. The molecule has 0 fully saturated rings. The van der Waals surface area contributed by atoms with Gasteiger partial charge < -0.3 is 4.90 Å². The fourth-order valence-electron chi connectivity index (χ4n) is 9.97. The van der Waals surface area contributed by atoms with Crippen molar-refractivity contribution in [3.63, 3.8) is 0 Å². The van der Waals surface area contributed by atoms with Crippen molar-refractivity contribution >= 4 is 63.3 Å². The number of nitrogens with zero attached hydrogens (tertiary/aromatic N) is 1. The van der Waals surface area contributed by atoms with E-state index < -0.39 is 0 Å². The Morgan fingerprint density at radius 1 is 0.283 bits per heavy atom. The molecule has 2 aliphatic heterocycles. The lowest BCUT2D eigenvalue weighted by molar-refractivity contribution is 1.27. The number of hydrogen-bond acceptors (Lipinski definition) is 1. The van der Waals surface area contributed by atoms with Crippen molar-refractivity contribution in [3.8, 4) is 44.5 Å². The molecule has 0 amide bonds. The van der Waals surface area contributed by atoms with Crippen LogP contribution in [-0.4, -0.2) is 13.4 Å². The van der Waals surface area contributed by atoms with Crippen LogP contribution in [0.2, 0.25) is 0 Å². The summed E-state index contributed by atoms with van der Waals surface area (Å²) in [6.07, 6.45) is 0. The Balaban J connectivity index is 1.20. The van der Waals surface area contributed by atoms with E-state index in [0.717, 1.165) is 0 Å². The molecule has 0 bridgehead atoms. The van der Waals surface area contributed by atoms with E-state index in [-0.39, 0.29) is 13.4 Å². The molecule has 0 atom stereocenters. The topological polar surface area (TPSA) is 3.24 Å². The standard InChI is InChI=1S/C57H43B2N/c1-38-24-26-51-55(30-38)60-56-31-39(2)25-27-52(56)59(50-36-47(43-20-12-6-13-21-43)33-48(37-50)44-22-14-7-15-23-44)54-29-40(3)28-53(57(54)60)58(51)49-34-45(41-16-8-4-9-17-41)32-46(35-49)42-18-10-5-11-19-42/h4-37H,1-3H3. The fourth-order valence-corrected chi connectivity index (χ4v) is 9.97. The van der Waals surface area contributed by atoms with Gasteiger partial charge in [-0.05, 0) is 123 Å². The van der Waals surface area contributed by atoms with E-state index in [2.05, 4.69) is 232 Å². The molecule has 11 rings (SSSR count). The van der Waals surface area contributed by atoms with Gasteiger partial charge in [0.1, 0.15) is 0 Å². The van der Waals surface area contributed by atoms with Crippen molar-refractivity contribution in [1.82, 2.24) is 0 Å². The largest absolute Gasteiger partial charge is 0.313 e. The number of anilines is 3. The lowest BCUT2D eigenvalue weighted by Gasteiger charge is -2.44. The Labute approximate surface area is 354 Å². The summed E-state index contributed by atoms with van der Waals surface area (Å²) in [5, 5.41) is 0. The normalized spacial score (nSPS) is 12.5. The zero-order chi connectivity index (χ0) is 40.3. The number of aryl methyl sites for hydroxylation is 3. The average Bonchev–Trinajstić information content (AvgIpc) is 3.29. The smallest absolute Gasteiger partial charge is 0.246 e. The number of hydrogen-bond donors (Lipinski definition) is 0. The molecule has 0 aromatic heterocycles. The van der Waals surface area contributed by atoms with E-state index in [1.807, 2.05) is 0 Å². The lowest BCUT2D eigenvalue weighted by atomic mass is 9.30.